The molecule has 1 aromatic carbocycles. The lowest BCUT2D eigenvalue weighted by Gasteiger charge is -2.29. The van der Waals surface area contributed by atoms with Gasteiger partial charge in [0, 0.05) is 58.3 Å². The van der Waals surface area contributed by atoms with Gasteiger partial charge in [-0.3, -0.25) is 9.89 Å². The van der Waals surface area contributed by atoms with Crippen LogP contribution in [0.25, 0.3) is 0 Å². The second-order valence-electron chi connectivity index (χ2n) is 8.70. The van der Waals surface area contributed by atoms with E-state index in [1.807, 2.05) is 7.05 Å². The average molecular weight is 387 g/mol. The van der Waals surface area contributed by atoms with Crippen molar-refractivity contribution in [2.45, 2.75) is 44.9 Å². The summed E-state index contributed by atoms with van der Waals surface area (Å²) in [4.78, 5) is 9.32. The van der Waals surface area contributed by atoms with Crippen molar-refractivity contribution in [2.75, 3.05) is 46.4 Å². The van der Waals surface area contributed by atoms with Crippen molar-refractivity contribution in [3.8, 4) is 0 Å². The molecular weight excluding hydrogens is 352 g/mol. The summed E-state index contributed by atoms with van der Waals surface area (Å²) in [5, 5.41) is 13.2. The third-order valence-corrected chi connectivity index (χ3v) is 6.57. The van der Waals surface area contributed by atoms with Crippen molar-refractivity contribution >= 4 is 5.96 Å². The number of hydrogen-bond donors (Lipinski definition) is 2. The van der Waals surface area contributed by atoms with Crippen molar-refractivity contribution in [1.29, 1.82) is 0 Å². The van der Waals surface area contributed by atoms with E-state index in [-0.39, 0.29) is 6.10 Å². The van der Waals surface area contributed by atoms with Gasteiger partial charge in [0.15, 0.2) is 5.96 Å². The lowest BCUT2D eigenvalue weighted by molar-refractivity contribution is 0.0792. The Morgan fingerprint density at radius 3 is 2.61 bits per heavy atom. The Labute approximate surface area is 168 Å². The van der Waals surface area contributed by atoms with E-state index in [0.717, 1.165) is 71.3 Å². The molecular formula is C22H34N4O2. The fourth-order valence-electron chi connectivity index (χ4n) is 4.70. The Morgan fingerprint density at radius 2 is 1.93 bits per heavy atom. The molecule has 1 spiro atoms. The molecule has 2 N–H and O–H groups in total. The third kappa shape index (κ3) is 4.67. The number of rotatable bonds is 4. The molecule has 154 valence electrons. The second-order valence-corrected chi connectivity index (χ2v) is 8.70. The van der Waals surface area contributed by atoms with E-state index >= 15 is 0 Å². The van der Waals surface area contributed by atoms with E-state index in [1.54, 1.807) is 0 Å². The summed E-state index contributed by atoms with van der Waals surface area (Å²) in [6.07, 6.45) is 4.06. The lowest BCUT2D eigenvalue weighted by Crippen LogP contribution is -2.41. The molecule has 3 heterocycles. The fraction of sp³-hybridized carbons (Fsp3) is 0.682. The van der Waals surface area contributed by atoms with E-state index < -0.39 is 0 Å². The van der Waals surface area contributed by atoms with Gasteiger partial charge in [0.2, 0.25) is 0 Å². The maximum Gasteiger partial charge on any atom is 0.193 e. The number of likely N-dealkylation sites (tertiary alicyclic amines) is 2. The van der Waals surface area contributed by atoms with Gasteiger partial charge in [0.25, 0.3) is 0 Å². The summed E-state index contributed by atoms with van der Waals surface area (Å²) >= 11 is 0. The number of benzene rings is 1. The molecule has 0 amide bonds. The Kier molecular flexibility index (Phi) is 6.19. The highest BCUT2D eigenvalue weighted by molar-refractivity contribution is 5.80. The Balaban J connectivity index is 1.26. The minimum Gasteiger partial charge on any atom is -0.393 e. The number of piperidine rings is 1. The number of nitrogens with one attached hydrogen (secondary N) is 1. The van der Waals surface area contributed by atoms with E-state index in [0.29, 0.717) is 5.41 Å². The summed E-state index contributed by atoms with van der Waals surface area (Å²) in [7, 11) is 1.87. The van der Waals surface area contributed by atoms with Gasteiger partial charge in [-0.15, -0.1) is 0 Å². The van der Waals surface area contributed by atoms with Crippen LogP contribution in [0.15, 0.2) is 29.3 Å². The zero-order valence-electron chi connectivity index (χ0n) is 17.1. The van der Waals surface area contributed by atoms with Crippen molar-refractivity contribution in [2.24, 2.45) is 10.4 Å². The molecule has 0 aliphatic carbocycles. The van der Waals surface area contributed by atoms with Crippen LogP contribution in [0.4, 0.5) is 0 Å². The topological polar surface area (TPSA) is 60.3 Å². The van der Waals surface area contributed by atoms with Crippen LogP contribution in [-0.2, 0) is 17.8 Å². The van der Waals surface area contributed by atoms with Crippen LogP contribution in [0.3, 0.4) is 0 Å². The average Bonchev–Trinajstić information content (AvgIpc) is 3.35. The van der Waals surface area contributed by atoms with E-state index in [2.05, 4.69) is 44.4 Å². The van der Waals surface area contributed by atoms with Gasteiger partial charge in [0.1, 0.15) is 0 Å². The number of aliphatic hydroxyl groups is 1. The third-order valence-electron chi connectivity index (χ3n) is 6.57. The predicted molar refractivity (Wildman–Crippen MR) is 111 cm³/mol. The van der Waals surface area contributed by atoms with Gasteiger partial charge in [-0.25, -0.2) is 0 Å². The first-order valence-corrected chi connectivity index (χ1v) is 10.7. The first-order valence-electron chi connectivity index (χ1n) is 10.7. The number of hydrogen-bond acceptors (Lipinski definition) is 4. The van der Waals surface area contributed by atoms with E-state index in [1.165, 1.54) is 24.0 Å². The number of ether oxygens (including phenoxy) is 1. The van der Waals surface area contributed by atoms with Crippen LogP contribution >= 0.6 is 0 Å². The molecule has 0 radical (unpaired) electrons. The van der Waals surface area contributed by atoms with Crippen molar-refractivity contribution < 1.29 is 9.84 Å². The van der Waals surface area contributed by atoms with Crippen LogP contribution < -0.4 is 5.32 Å². The van der Waals surface area contributed by atoms with Gasteiger partial charge in [-0.1, -0.05) is 24.3 Å². The molecule has 3 aliphatic rings. The van der Waals surface area contributed by atoms with Crippen molar-refractivity contribution in [1.82, 2.24) is 15.1 Å². The SMILES string of the molecule is CN=C(NCc1ccc(CN2CCC(O)CC2)cc1)N1CCC2(CCOC2)C1. The zero-order chi connectivity index (χ0) is 19.4. The molecule has 0 bridgehead atoms. The van der Waals surface area contributed by atoms with Gasteiger partial charge in [-0.2, -0.15) is 0 Å². The molecule has 1 atom stereocenters. The molecule has 6 nitrogen and oxygen atoms in total. The number of aliphatic imine (C=N–C) groups is 1. The van der Waals surface area contributed by atoms with Crippen LogP contribution in [0.2, 0.25) is 0 Å². The van der Waals surface area contributed by atoms with Crippen LogP contribution in [-0.4, -0.2) is 73.4 Å². The maximum atomic E-state index is 9.64. The van der Waals surface area contributed by atoms with Crippen LogP contribution in [0.5, 0.6) is 0 Å². The first-order chi connectivity index (χ1) is 13.7. The second kappa shape index (κ2) is 8.80. The minimum absolute atomic E-state index is 0.106. The predicted octanol–water partition coefficient (Wildman–Crippen LogP) is 1.83. The highest BCUT2D eigenvalue weighted by Crippen LogP contribution is 2.38. The Hall–Kier alpha value is -1.63. The van der Waals surface area contributed by atoms with Gasteiger partial charge in [-0.05, 0) is 36.8 Å². The summed E-state index contributed by atoms with van der Waals surface area (Å²) in [5.41, 5.74) is 2.97. The smallest absolute Gasteiger partial charge is 0.193 e. The summed E-state index contributed by atoms with van der Waals surface area (Å²) in [6.45, 7) is 7.67. The molecule has 3 saturated heterocycles. The normalized spacial score (nSPS) is 27.1. The molecule has 3 aliphatic heterocycles. The minimum atomic E-state index is -0.106. The molecule has 1 aromatic rings. The monoisotopic (exact) mass is 386 g/mol. The number of nitrogens with zero attached hydrogens (tertiary/aromatic N) is 3. The summed E-state index contributed by atoms with van der Waals surface area (Å²) in [5.74, 6) is 1.000. The van der Waals surface area contributed by atoms with Crippen LogP contribution in [0, 0.1) is 5.41 Å². The van der Waals surface area contributed by atoms with Gasteiger partial charge in [0.05, 0.1) is 12.7 Å². The quantitative estimate of drug-likeness (QED) is 0.611. The summed E-state index contributed by atoms with van der Waals surface area (Å²) < 4.78 is 5.64. The Morgan fingerprint density at radius 1 is 1.18 bits per heavy atom. The molecule has 28 heavy (non-hydrogen) atoms. The zero-order valence-corrected chi connectivity index (χ0v) is 17.1. The Bertz CT molecular complexity index is 662. The largest absolute Gasteiger partial charge is 0.393 e. The standard InChI is InChI=1S/C22H34N4O2/c1-23-21(26-12-8-22(16-26)9-13-28-17-22)24-14-18-2-4-19(5-3-18)15-25-10-6-20(27)7-11-25/h2-5,20,27H,6-17H2,1H3,(H,23,24). The van der Waals surface area contributed by atoms with Crippen molar-refractivity contribution in [3.63, 3.8) is 0 Å². The fourth-order valence-corrected chi connectivity index (χ4v) is 4.70. The first kappa shape index (κ1) is 19.7. The number of aliphatic hydroxyl groups excluding tert-OH is 1. The molecule has 6 heteroatoms. The van der Waals surface area contributed by atoms with Crippen LogP contribution in [0.1, 0.15) is 36.8 Å². The lowest BCUT2D eigenvalue weighted by atomic mass is 9.87. The van der Waals surface area contributed by atoms with E-state index in [9.17, 15) is 5.11 Å². The van der Waals surface area contributed by atoms with E-state index in [4.69, 9.17) is 4.74 Å². The highest BCUT2D eigenvalue weighted by atomic mass is 16.5. The number of guanidine groups is 1. The maximum absolute atomic E-state index is 9.64. The molecule has 4 rings (SSSR count). The highest BCUT2D eigenvalue weighted by Gasteiger charge is 2.42. The molecule has 3 fully saturated rings. The van der Waals surface area contributed by atoms with Crippen molar-refractivity contribution in [3.05, 3.63) is 35.4 Å². The van der Waals surface area contributed by atoms with Gasteiger partial charge < -0.3 is 20.1 Å². The van der Waals surface area contributed by atoms with Gasteiger partial charge >= 0.3 is 0 Å². The molecule has 0 saturated carbocycles. The molecule has 1 unspecified atom stereocenters. The molecule has 0 aromatic heterocycles. The summed E-state index contributed by atoms with van der Waals surface area (Å²) in [6, 6.07) is 8.88.